The highest BCUT2D eigenvalue weighted by atomic mass is 16.3. The van der Waals surface area contributed by atoms with Gasteiger partial charge in [0.25, 0.3) is 0 Å². The molecule has 0 bridgehead atoms. The number of nitrogens with zero attached hydrogens (tertiary/aromatic N) is 1. The second-order valence-electron chi connectivity index (χ2n) is 7.04. The van der Waals surface area contributed by atoms with Crippen molar-refractivity contribution in [1.82, 2.24) is 10.2 Å². The quantitative estimate of drug-likeness (QED) is 0.806. The average Bonchev–Trinajstić information content (AvgIpc) is 2.35. The first-order chi connectivity index (χ1) is 9.47. The third-order valence-electron chi connectivity index (χ3n) is 4.89. The fourth-order valence-electron chi connectivity index (χ4n) is 3.21. The van der Waals surface area contributed by atoms with E-state index in [-0.39, 0.29) is 23.8 Å². The minimum absolute atomic E-state index is 0.0371. The summed E-state index contributed by atoms with van der Waals surface area (Å²) in [5.41, 5.74) is 0. The highest BCUT2D eigenvalue weighted by molar-refractivity contribution is 5.78. The van der Waals surface area contributed by atoms with Crippen molar-refractivity contribution < 1.29 is 9.90 Å². The summed E-state index contributed by atoms with van der Waals surface area (Å²) in [4.78, 5) is 14.2. The van der Waals surface area contributed by atoms with Crippen LogP contribution in [-0.2, 0) is 4.79 Å². The Kier molecular flexibility index (Phi) is 5.44. The Morgan fingerprint density at radius 1 is 1.30 bits per heavy atom. The van der Waals surface area contributed by atoms with Crippen LogP contribution in [0.15, 0.2) is 0 Å². The van der Waals surface area contributed by atoms with Gasteiger partial charge < -0.3 is 15.3 Å². The molecule has 1 aliphatic heterocycles. The lowest BCUT2D eigenvalue weighted by atomic mass is 9.84. The number of piperidine rings is 1. The number of hydrogen-bond donors (Lipinski definition) is 2. The van der Waals surface area contributed by atoms with Crippen LogP contribution in [0.1, 0.15) is 46.5 Å². The standard InChI is InChI=1S/C16H30N2O2/c1-11(2)16(20)18-9-14(12(3)19)7-15(10-18)17-8-13-5-4-6-13/h11-15,17,19H,4-10H2,1-3H3. The first kappa shape index (κ1) is 15.8. The molecule has 3 unspecified atom stereocenters. The van der Waals surface area contributed by atoms with Crippen LogP contribution in [0.2, 0.25) is 0 Å². The molecule has 20 heavy (non-hydrogen) atoms. The van der Waals surface area contributed by atoms with E-state index in [4.69, 9.17) is 0 Å². The smallest absolute Gasteiger partial charge is 0.225 e. The fourth-order valence-corrected chi connectivity index (χ4v) is 3.21. The molecule has 4 nitrogen and oxygen atoms in total. The molecule has 2 N–H and O–H groups in total. The lowest BCUT2D eigenvalue weighted by molar-refractivity contribution is -0.137. The van der Waals surface area contributed by atoms with Gasteiger partial charge >= 0.3 is 0 Å². The van der Waals surface area contributed by atoms with Crippen LogP contribution in [0.5, 0.6) is 0 Å². The van der Waals surface area contributed by atoms with Gasteiger partial charge in [-0.25, -0.2) is 0 Å². The van der Waals surface area contributed by atoms with Crippen LogP contribution >= 0.6 is 0 Å². The van der Waals surface area contributed by atoms with E-state index in [1.807, 2.05) is 25.7 Å². The molecule has 4 heteroatoms. The van der Waals surface area contributed by atoms with Crippen LogP contribution in [0.4, 0.5) is 0 Å². The first-order valence-electron chi connectivity index (χ1n) is 8.17. The lowest BCUT2D eigenvalue weighted by Gasteiger charge is -2.41. The van der Waals surface area contributed by atoms with Crippen LogP contribution in [0, 0.1) is 17.8 Å². The van der Waals surface area contributed by atoms with Crippen LogP contribution in [0.25, 0.3) is 0 Å². The maximum Gasteiger partial charge on any atom is 0.225 e. The van der Waals surface area contributed by atoms with Gasteiger partial charge in [-0.1, -0.05) is 20.3 Å². The number of amides is 1. The number of carbonyl (C=O) groups excluding carboxylic acids is 1. The molecule has 0 radical (unpaired) electrons. The molecule has 1 aliphatic carbocycles. The molecule has 1 saturated heterocycles. The molecule has 0 aromatic carbocycles. The number of nitrogens with one attached hydrogen (secondary N) is 1. The summed E-state index contributed by atoms with van der Waals surface area (Å²) < 4.78 is 0. The number of aliphatic hydroxyl groups is 1. The zero-order chi connectivity index (χ0) is 14.7. The third kappa shape index (κ3) is 3.95. The maximum absolute atomic E-state index is 12.2. The zero-order valence-electron chi connectivity index (χ0n) is 13.1. The molecular formula is C16H30N2O2. The van der Waals surface area contributed by atoms with Gasteiger partial charge in [-0.05, 0) is 38.6 Å². The summed E-state index contributed by atoms with van der Waals surface area (Å²) >= 11 is 0. The Morgan fingerprint density at radius 3 is 2.50 bits per heavy atom. The summed E-state index contributed by atoms with van der Waals surface area (Å²) in [6.45, 7) is 8.32. The molecule has 2 fully saturated rings. The van der Waals surface area contributed by atoms with Gasteiger partial charge in [0.1, 0.15) is 0 Å². The van der Waals surface area contributed by atoms with Crippen molar-refractivity contribution in [3.63, 3.8) is 0 Å². The number of hydrogen-bond acceptors (Lipinski definition) is 3. The lowest BCUT2D eigenvalue weighted by Crippen LogP contribution is -2.54. The summed E-state index contributed by atoms with van der Waals surface area (Å²) in [5.74, 6) is 1.28. The van der Waals surface area contributed by atoms with Gasteiger partial charge in [0, 0.05) is 31.0 Å². The number of rotatable bonds is 5. The molecule has 0 aromatic heterocycles. The van der Waals surface area contributed by atoms with E-state index < -0.39 is 0 Å². The van der Waals surface area contributed by atoms with E-state index in [1.54, 1.807) is 0 Å². The minimum atomic E-state index is -0.342. The fraction of sp³-hybridized carbons (Fsp3) is 0.938. The van der Waals surface area contributed by atoms with E-state index in [9.17, 15) is 9.90 Å². The van der Waals surface area contributed by atoms with Crippen molar-refractivity contribution in [3.8, 4) is 0 Å². The van der Waals surface area contributed by atoms with Gasteiger partial charge in [0.15, 0.2) is 0 Å². The van der Waals surface area contributed by atoms with E-state index in [0.29, 0.717) is 12.6 Å². The molecule has 1 saturated carbocycles. The Hall–Kier alpha value is -0.610. The van der Waals surface area contributed by atoms with Gasteiger partial charge in [-0.3, -0.25) is 4.79 Å². The molecule has 0 spiro atoms. The molecule has 116 valence electrons. The Labute approximate surface area is 122 Å². The van der Waals surface area contributed by atoms with Crippen molar-refractivity contribution in [1.29, 1.82) is 0 Å². The van der Waals surface area contributed by atoms with Crippen molar-refractivity contribution in [3.05, 3.63) is 0 Å². The second kappa shape index (κ2) is 6.90. The predicted molar refractivity (Wildman–Crippen MR) is 80.3 cm³/mol. The zero-order valence-corrected chi connectivity index (χ0v) is 13.1. The molecule has 3 atom stereocenters. The molecule has 1 amide bonds. The van der Waals surface area contributed by atoms with Crippen molar-refractivity contribution >= 4 is 5.91 Å². The average molecular weight is 282 g/mol. The van der Waals surface area contributed by atoms with E-state index in [1.165, 1.54) is 19.3 Å². The number of carbonyl (C=O) groups is 1. The second-order valence-corrected chi connectivity index (χ2v) is 7.04. The Bertz CT molecular complexity index is 326. The minimum Gasteiger partial charge on any atom is -0.393 e. The van der Waals surface area contributed by atoms with Crippen LogP contribution < -0.4 is 5.32 Å². The SMILES string of the molecule is CC(C)C(=O)N1CC(NCC2CCC2)CC(C(C)O)C1. The van der Waals surface area contributed by atoms with E-state index in [0.717, 1.165) is 25.4 Å². The summed E-state index contributed by atoms with van der Waals surface area (Å²) in [7, 11) is 0. The predicted octanol–water partition coefficient (Wildman–Crippen LogP) is 1.63. The number of aliphatic hydroxyl groups excluding tert-OH is 1. The Morgan fingerprint density at radius 2 is 2.00 bits per heavy atom. The summed E-state index contributed by atoms with van der Waals surface area (Å²) in [6, 6.07) is 0.339. The first-order valence-corrected chi connectivity index (χ1v) is 8.17. The van der Waals surface area contributed by atoms with Crippen LogP contribution in [0.3, 0.4) is 0 Å². The van der Waals surface area contributed by atoms with Gasteiger partial charge in [-0.15, -0.1) is 0 Å². The molecule has 0 aromatic rings. The third-order valence-corrected chi connectivity index (χ3v) is 4.89. The number of likely N-dealkylation sites (tertiary alicyclic amines) is 1. The van der Waals surface area contributed by atoms with Crippen molar-refractivity contribution in [2.75, 3.05) is 19.6 Å². The topological polar surface area (TPSA) is 52.6 Å². The summed E-state index contributed by atoms with van der Waals surface area (Å²) in [6.07, 6.45) is 4.69. The summed E-state index contributed by atoms with van der Waals surface area (Å²) in [5, 5.41) is 13.5. The largest absolute Gasteiger partial charge is 0.393 e. The highest BCUT2D eigenvalue weighted by Gasteiger charge is 2.33. The van der Waals surface area contributed by atoms with Gasteiger partial charge in [0.05, 0.1) is 6.10 Å². The van der Waals surface area contributed by atoms with E-state index in [2.05, 4.69) is 5.32 Å². The van der Waals surface area contributed by atoms with Crippen molar-refractivity contribution in [2.45, 2.75) is 58.6 Å². The molecule has 2 aliphatic rings. The van der Waals surface area contributed by atoms with Gasteiger partial charge in [-0.2, -0.15) is 0 Å². The Balaban J connectivity index is 1.90. The molecular weight excluding hydrogens is 252 g/mol. The molecule has 1 heterocycles. The van der Waals surface area contributed by atoms with Crippen molar-refractivity contribution in [2.24, 2.45) is 17.8 Å². The highest BCUT2D eigenvalue weighted by Crippen LogP contribution is 2.26. The maximum atomic E-state index is 12.2. The monoisotopic (exact) mass is 282 g/mol. The van der Waals surface area contributed by atoms with Crippen LogP contribution in [-0.4, -0.2) is 47.7 Å². The van der Waals surface area contributed by atoms with Gasteiger partial charge in [0.2, 0.25) is 5.91 Å². The normalized spacial score (nSPS) is 29.4. The molecule has 2 rings (SSSR count). The van der Waals surface area contributed by atoms with E-state index >= 15 is 0 Å².